The number of nitrogens with one attached hydrogen (secondary N) is 1. The second-order valence-electron chi connectivity index (χ2n) is 5.37. The van der Waals surface area contributed by atoms with Crippen molar-refractivity contribution in [2.24, 2.45) is 5.73 Å². The third-order valence-corrected chi connectivity index (χ3v) is 3.54. The van der Waals surface area contributed by atoms with Crippen LogP contribution < -0.4 is 11.1 Å². The molecule has 0 aliphatic heterocycles. The van der Waals surface area contributed by atoms with E-state index in [0.29, 0.717) is 12.2 Å². The lowest BCUT2D eigenvalue weighted by atomic mass is 9.80. The van der Waals surface area contributed by atoms with Gasteiger partial charge in [0.1, 0.15) is 5.82 Å². The average molecular weight is 247 g/mol. The molecule has 3 N–H and O–H groups in total. The number of nitrogens with zero attached hydrogens (tertiary/aromatic N) is 1. The molecule has 0 atom stereocenters. The van der Waals surface area contributed by atoms with Crippen LogP contribution in [0.15, 0.2) is 18.3 Å². The molecule has 1 saturated carbocycles. The number of pyridine rings is 1. The van der Waals surface area contributed by atoms with Crippen molar-refractivity contribution in [1.29, 1.82) is 0 Å². The Kier molecular flexibility index (Phi) is 3.97. The fraction of sp³-hybridized carbons (Fsp3) is 0.571. The van der Waals surface area contributed by atoms with Crippen LogP contribution >= 0.6 is 0 Å². The maximum Gasteiger partial charge on any atom is 0.227 e. The first-order chi connectivity index (χ1) is 8.57. The van der Waals surface area contributed by atoms with Crippen LogP contribution in [0.3, 0.4) is 0 Å². The van der Waals surface area contributed by atoms with Crippen molar-refractivity contribution in [2.45, 2.75) is 51.0 Å². The van der Waals surface area contributed by atoms with E-state index in [9.17, 15) is 4.79 Å². The van der Waals surface area contributed by atoms with Crippen LogP contribution in [-0.2, 0) is 4.79 Å². The maximum atomic E-state index is 11.9. The summed E-state index contributed by atoms with van der Waals surface area (Å²) in [5, 5.41) is 2.81. The monoisotopic (exact) mass is 247 g/mol. The standard InChI is InChI=1S/C14H21N3O/c1-11-5-6-12(16-10-11)17-13(18)9-14(15)7-3-2-4-8-14/h5-6,10H,2-4,7-9,15H2,1H3,(H,16,17,18). The molecule has 1 fully saturated rings. The van der Waals surface area contributed by atoms with Crippen molar-refractivity contribution in [3.63, 3.8) is 0 Å². The minimum Gasteiger partial charge on any atom is -0.325 e. The van der Waals surface area contributed by atoms with Gasteiger partial charge in [-0.3, -0.25) is 4.79 Å². The van der Waals surface area contributed by atoms with Crippen molar-refractivity contribution < 1.29 is 4.79 Å². The van der Waals surface area contributed by atoms with Crippen LogP contribution in [0.2, 0.25) is 0 Å². The highest BCUT2D eigenvalue weighted by Crippen LogP contribution is 2.28. The molecular formula is C14H21N3O. The Balaban J connectivity index is 1.90. The molecule has 1 heterocycles. The molecule has 1 aliphatic carbocycles. The van der Waals surface area contributed by atoms with Gasteiger partial charge in [-0.15, -0.1) is 0 Å². The zero-order chi connectivity index (χ0) is 13.0. The van der Waals surface area contributed by atoms with E-state index in [1.54, 1.807) is 6.20 Å². The highest BCUT2D eigenvalue weighted by atomic mass is 16.1. The molecule has 1 aromatic heterocycles. The Labute approximate surface area is 108 Å². The van der Waals surface area contributed by atoms with Crippen molar-refractivity contribution in [3.05, 3.63) is 23.9 Å². The van der Waals surface area contributed by atoms with Gasteiger partial charge in [-0.25, -0.2) is 4.98 Å². The number of aryl methyl sites for hydroxylation is 1. The van der Waals surface area contributed by atoms with Crippen molar-refractivity contribution in [1.82, 2.24) is 4.98 Å². The quantitative estimate of drug-likeness (QED) is 0.861. The fourth-order valence-electron chi connectivity index (χ4n) is 2.48. The largest absolute Gasteiger partial charge is 0.325 e. The Morgan fingerprint density at radius 2 is 2.11 bits per heavy atom. The summed E-state index contributed by atoms with van der Waals surface area (Å²) in [7, 11) is 0. The van der Waals surface area contributed by atoms with Gasteiger partial charge in [0.2, 0.25) is 5.91 Å². The predicted octanol–water partition coefficient (Wildman–Crippen LogP) is 2.38. The molecule has 0 bridgehead atoms. The van der Waals surface area contributed by atoms with Gasteiger partial charge >= 0.3 is 0 Å². The van der Waals surface area contributed by atoms with Crippen LogP contribution in [0.25, 0.3) is 0 Å². The molecule has 18 heavy (non-hydrogen) atoms. The summed E-state index contributed by atoms with van der Waals surface area (Å²) in [6, 6.07) is 3.75. The zero-order valence-electron chi connectivity index (χ0n) is 10.9. The molecule has 4 nitrogen and oxygen atoms in total. The van der Waals surface area contributed by atoms with Gasteiger partial charge in [0.15, 0.2) is 0 Å². The van der Waals surface area contributed by atoms with Gasteiger partial charge in [-0.1, -0.05) is 25.3 Å². The summed E-state index contributed by atoms with van der Waals surface area (Å²) >= 11 is 0. The highest BCUT2D eigenvalue weighted by molar-refractivity contribution is 5.90. The number of carbonyl (C=O) groups excluding carboxylic acids is 1. The van der Waals surface area contributed by atoms with Gasteiger partial charge in [-0.05, 0) is 31.4 Å². The number of rotatable bonds is 3. The molecule has 1 amide bonds. The number of nitrogens with two attached hydrogens (primary N) is 1. The van der Waals surface area contributed by atoms with Gasteiger partial charge in [-0.2, -0.15) is 0 Å². The van der Waals surface area contributed by atoms with Gasteiger partial charge < -0.3 is 11.1 Å². The summed E-state index contributed by atoms with van der Waals surface area (Å²) in [5.74, 6) is 0.570. The van der Waals surface area contributed by atoms with Crippen molar-refractivity contribution >= 4 is 11.7 Å². The number of aromatic nitrogens is 1. The van der Waals surface area contributed by atoms with Crippen molar-refractivity contribution in [3.8, 4) is 0 Å². The van der Waals surface area contributed by atoms with Gasteiger partial charge in [0.25, 0.3) is 0 Å². The summed E-state index contributed by atoms with van der Waals surface area (Å²) in [4.78, 5) is 16.1. The Morgan fingerprint density at radius 1 is 1.39 bits per heavy atom. The second-order valence-corrected chi connectivity index (χ2v) is 5.37. The normalized spacial score (nSPS) is 18.3. The third kappa shape index (κ3) is 3.53. The smallest absolute Gasteiger partial charge is 0.227 e. The van der Waals surface area contributed by atoms with E-state index in [0.717, 1.165) is 31.2 Å². The van der Waals surface area contributed by atoms with E-state index in [1.165, 1.54) is 6.42 Å². The molecule has 0 radical (unpaired) electrons. The third-order valence-electron chi connectivity index (χ3n) is 3.54. The summed E-state index contributed by atoms with van der Waals surface area (Å²) in [5.41, 5.74) is 7.02. The number of amides is 1. The Bertz CT molecular complexity index is 408. The number of carbonyl (C=O) groups is 1. The molecule has 4 heteroatoms. The Morgan fingerprint density at radius 3 is 2.72 bits per heavy atom. The number of hydrogen-bond donors (Lipinski definition) is 2. The Hall–Kier alpha value is -1.42. The first-order valence-corrected chi connectivity index (χ1v) is 6.59. The first-order valence-electron chi connectivity index (χ1n) is 6.59. The van der Waals surface area contributed by atoms with E-state index in [-0.39, 0.29) is 11.4 Å². The topological polar surface area (TPSA) is 68.0 Å². The summed E-state index contributed by atoms with van der Waals surface area (Å²) in [6.07, 6.45) is 7.53. The SMILES string of the molecule is Cc1ccc(NC(=O)CC2(N)CCCCC2)nc1. The molecule has 1 aliphatic rings. The predicted molar refractivity (Wildman–Crippen MR) is 72.2 cm³/mol. The summed E-state index contributed by atoms with van der Waals surface area (Å²) in [6.45, 7) is 1.97. The number of anilines is 1. The van der Waals surface area contributed by atoms with Crippen molar-refractivity contribution in [2.75, 3.05) is 5.32 Å². The summed E-state index contributed by atoms with van der Waals surface area (Å²) < 4.78 is 0. The molecule has 0 spiro atoms. The highest BCUT2D eigenvalue weighted by Gasteiger charge is 2.29. The fourth-order valence-corrected chi connectivity index (χ4v) is 2.48. The van der Waals surface area contributed by atoms with E-state index in [1.807, 2.05) is 19.1 Å². The van der Waals surface area contributed by atoms with Crippen LogP contribution in [0.5, 0.6) is 0 Å². The average Bonchev–Trinajstić information content (AvgIpc) is 2.32. The lowest BCUT2D eigenvalue weighted by Gasteiger charge is -2.32. The lowest BCUT2D eigenvalue weighted by molar-refractivity contribution is -0.117. The van der Waals surface area contributed by atoms with Gasteiger partial charge in [0, 0.05) is 18.2 Å². The van der Waals surface area contributed by atoms with E-state index < -0.39 is 0 Å². The lowest BCUT2D eigenvalue weighted by Crippen LogP contribution is -2.44. The molecule has 2 rings (SSSR count). The van der Waals surface area contributed by atoms with Crippen LogP contribution in [0.4, 0.5) is 5.82 Å². The maximum absolute atomic E-state index is 11.9. The molecule has 98 valence electrons. The zero-order valence-corrected chi connectivity index (χ0v) is 10.9. The number of hydrogen-bond acceptors (Lipinski definition) is 3. The minimum atomic E-state index is -0.312. The molecule has 0 saturated heterocycles. The van der Waals surface area contributed by atoms with E-state index in [4.69, 9.17) is 5.73 Å². The minimum absolute atomic E-state index is 0.0317. The molecule has 0 unspecified atom stereocenters. The second kappa shape index (κ2) is 5.48. The molecular weight excluding hydrogens is 226 g/mol. The van der Waals surface area contributed by atoms with Gasteiger partial charge in [0.05, 0.1) is 0 Å². The van der Waals surface area contributed by atoms with Crippen LogP contribution in [0, 0.1) is 6.92 Å². The van der Waals surface area contributed by atoms with E-state index in [2.05, 4.69) is 10.3 Å². The molecule has 0 aromatic carbocycles. The first kappa shape index (κ1) is 13.0. The van der Waals surface area contributed by atoms with Crippen LogP contribution in [0.1, 0.15) is 44.1 Å². The molecule has 1 aromatic rings. The van der Waals surface area contributed by atoms with Crippen LogP contribution in [-0.4, -0.2) is 16.4 Å². The van der Waals surface area contributed by atoms with E-state index >= 15 is 0 Å².